The van der Waals surface area contributed by atoms with E-state index in [1.165, 1.54) is 0 Å². The molecule has 1 aliphatic rings. The molecular formula is C18H20O4. The first-order valence-electron chi connectivity index (χ1n) is 7.13. The minimum Gasteiger partial charge on any atom is -0.478 e. The SMILES string of the molecule is CC(C=CC1(O)c2ccccc2C(=O)CC1(C)C)=CC(=O)O. The maximum atomic E-state index is 12.2. The second-order valence-electron chi connectivity index (χ2n) is 6.36. The number of Topliss-reactive ketones (excluding diaryl/α,β-unsaturated/α-hetero) is 1. The number of aliphatic hydroxyl groups is 1. The van der Waals surface area contributed by atoms with Crippen LogP contribution in [0.1, 0.15) is 43.1 Å². The van der Waals surface area contributed by atoms with E-state index in [0.29, 0.717) is 16.7 Å². The molecule has 1 atom stereocenters. The zero-order chi connectivity index (χ0) is 16.5. The third-order valence-corrected chi connectivity index (χ3v) is 4.21. The van der Waals surface area contributed by atoms with Crippen molar-refractivity contribution in [1.82, 2.24) is 0 Å². The Balaban J connectivity index is 2.55. The topological polar surface area (TPSA) is 74.6 Å². The van der Waals surface area contributed by atoms with Crippen molar-refractivity contribution in [3.63, 3.8) is 0 Å². The quantitative estimate of drug-likeness (QED) is 0.664. The lowest BCUT2D eigenvalue weighted by Crippen LogP contribution is -2.46. The number of carboxylic acids is 1. The molecule has 0 heterocycles. The summed E-state index contributed by atoms with van der Waals surface area (Å²) in [6.07, 6.45) is 4.48. The number of carbonyl (C=O) groups is 2. The van der Waals surface area contributed by atoms with E-state index >= 15 is 0 Å². The van der Waals surface area contributed by atoms with Crippen LogP contribution in [0, 0.1) is 5.41 Å². The number of rotatable bonds is 3. The van der Waals surface area contributed by atoms with Gasteiger partial charge in [0.1, 0.15) is 5.60 Å². The van der Waals surface area contributed by atoms with E-state index in [1.54, 1.807) is 43.3 Å². The van der Waals surface area contributed by atoms with E-state index in [4.69, 9.17) is 5.11 Å². The van der Waals surface area contributed by atoms with Crippen LogP contribution in [0.2, 0.25) is 0 Å². The van der Waals surface area contributed by atoms with Crippen molar-refractivity contribution >= 4 is 11.8 Å². The Morgan fingerprint density at radius 2 is 1.91 bits per heavy atom. The van der Waals surface area contributed by atoms with E-state index in [1.807, 2.05) is 13.8 Å². The number of hydrogen-bond donors (Lipinski definition) is 2. The molecule has 0 saturated carbocycles. The van der Waals surface area contributed by atoms with Gasteiger partial charge < -0.3 is 10.2 Å². The number of allylic oxidation sites excluding steroid dienone is 2. The molecule has 0 aromatic heterocycles. The van der Waals surface area contributed by atoms with E-state index in [9.17, 15) is 14.7 Å². The van der Waals surface area contributed by atoms with Gasteiger partial charge in [-0.15, -0.1) is 0 Å². The van der Waals surface area contributed by atoms with E-state index < -0.39 is 17.0 Å². The third kappa shape index (κ3) is 2.74. The molecule has 4 nitrogen and oxygen atoms in total. The molecule has 1 aromatic rings. The molecule has 0 bridgehead atoms. The molecule has 2 N–H and O–H groups in total. The molecule has 116 valence electrons. The Hall–Kier alpha value is -2.20. The largest absolute Gasteiger partial charge is 0.478 e. The average molecular weight is 300 g/mol. The highest BCUT2D eigenvalue weighted by atomic mass is 16.4. The van der Waals surface area contributed by atoms with Gasteiger partial charge in [0, 0.05) is 23.5 Å². The molecule has 22 heavy (non-hydrogen) atoms. The van der Waals surface area contributed by atoms with Gasteiger partial charge in [-0.1, -0.05) is 44.2 Å². The van der Waals surface area contributed by atoms with E-state index in [0.717, 1.165) is 6.08 Å². The zero-order valence-corrected chi connectivity index (χ0v) is 13.0. The fraction of sp³-hybridized carbons (Fsp3) is 0.333. The first-order chi connectivity index (χ1) is 10.2. The second-order valence-corrected chi connectivity index (χ2v) is 6.36. The van der Waals surface area contributed by atoms with E-state index in [-0.39, 0.29) is 12.2 Å². The van der Waals surface area contributed by atoms with Crippen LogP contribution in [-0.4, -0.2) is 22.0 Å². The first-order valence-corrected chi connectivity index (χ1v) is 7.13. The normalized spacial score (nSPS) is 24.4. The molecule has 1 aliphatic carbocycles. The summed E-state index contributed by atoms with van der Waals surface area (Å²) in [5, 5.41) is 20.0. The molecule has 0 spiro atoms. The minimum absolute atomic E-state index is 0.0106. The highest BCUT2D eigenvalue weighted by molar-refractivity contribution is 5.99. The fourth-order valence-corrected chi connectivity index (χ4v) is 2.86. The lowest BCUT2D eigenvalue weighted by Gasteiger charge is -2.45. The molecular weight excluding hydrogens is 280 g/mol. The summed E-state index contributed by atoms with van der Waals surface area (Å²) in [7, 11) is 0. The van der Waals surface area contributed by atoms with Crippen LogP contribution in [0.3, 0.4) is 0 Å². The Labute approximate surface area is 129 Å². The number of aliphatic carboxylic acids is 1. The van der Waals surface area contributed by atoms with Crippen molar-refractivity contribution < 1.29 is 19.8 Å². The van der Waals surface area contributed by atoms with Crippen LogP contribution in [0.25, 0.3) is 0 Å². The number of fused-ring (bicyclic) bond motifs is 1. The molecule has 2 rings (SSSR count). The summed E-state index contributed by atoms with van der Waals surface area (Å²) in [5.41, 5.74) is -0.403. The van der Waals surface area contributed by atoms with Gasteiger partial charge in [-0.05, 0) is 24.1 Å². The summed E-state index contributed by atoms with van der Waals surface area (Å²) in [6, 6.07) is 7.02. The molecule has 0 aliphatic heterocycles. The first kappa shape index (κ1) is 16.2. The van der Waals surface area contributed by atoms with Gasteiger partial charge in [0.05, 0.1) is 0 Å². The number of benzene rings is 1. The van der Waals surface area contributed by atoms with Crippen LogP contribution in [0.5, 0.6) is 0 Å². The summed E-state index contributed by atoms with van der Waals surface area (Å²) in [6.45, 7) is 5.32. The van der Waals surface area contributed by atoms with Gasteiger partial charge in [0.15, 0.2) is 5.78 Å². The molecule has 0 fully saturated rings. The second kappa shape index (κ2) is 5.54. The molecule has 1 unspecified atom stereocenters. The summed E-state index contributed by atoms with van der Waals surface area (Å²) in [4.78, 5) is 22.9. The van der Waals surface area contributed by atoms with Gasteiger partial charge in [-0.25, -0.2) is 4.79 Å². The predicted octanol–water partition coefficient (Wildman–Crippen LogP) is 3.07. The van der Waals surface area contributed by atoms with Crippen molar-refractivity contribution in [2.75, 3.05) is 0 Å². The third-order valence-electron chi connectivity index (χ3n) is 4.21. The van der Waals surface area contributed by atoms with Gasteiger partial charge in [0.2, 0.25) is 0 Å². The molecule has 1 aromatic carbocycles. The Bertz CT molecular complexity index is 682. The summed E-state index contributed by atoms with van der Waals surface area (Å²) in [5.74, 6) is -1.02. The number of hydrogen-bond acceptors (Lipinski definition) is 3. The highest BCUT2D eigenvalue weighted by Crippen LogP contribution is 2.49. The van der Waals surface area contributed by atoms with Crippen molar-refractivity contribution in [3.8, 4) is 0 Å². The van der Waals surface area contributed by atoms with Crippen molar-refractivity contribution in [2.45, 2.75) is 32.8 Å². The van der Waals surface area contributed by atoms with Crippen LogP contribution in [0.4, 0.5) is 0 Å². The molecule has 0 radical (unpaired) electrons. The number of ketones is 1. The van der Waals surface area contributed by atoms with Crippen LogP contribution in [0.15, 0.2) is 48.1 Å². The van der Waals surface area contributed by atoms with Gasteiger partial charge in [-0.3, -0.25) is 4.79 Å². The Kier molecular flexibility index (Phi) is 4.07. The van der Waals surface area contributed by atoms with Crippen molar-refractivity contribution in [3.05, 3.63) is 59.2 Å². The van der Waals surface area contributed by atoms with Crippen LogP contribution >= 0.6 is 0 Å². The Morgan fingerprint density at radius 1 is 1.27 bits per heavy atom. The minimum atomic E-state index is -1.33. The summed E-state index contributed by atoms with van der Waals surface area (Å²) >= 11 is 0. The highest BCUT2D eigenvalue weighted by Gasteiger charge is 2.49. The molecule has 0 saturated heterocycles. The fourth-order valence-electron chi connectivity index (χ4n) is 2.86. The Morgan fingerprint density at radius 3 is 2.55 bits per heavy atom. The van der Waals surface area contributed by atoms with Crippen molar-refractivity contribution in [1.29, 1.82) is 0 Å². The number of carbonyl (C=O) groups excluding carboxylic acids is 1. The van der Waals surface area contributed by atoms with Gasteiger partial charge >= 0.3 is 5.97 Å². The molecule has 0 amide bonds. The molecule has 4 heteroatoms. The standard InChI is InChI=1S/C18H20O4/c1-12(10-16(20)21)8-9-18(22)14-7-5-4-6-13(14)15(19)11-17(18,2)3/h4-10,22H,11H2,1-3H3,(H,20,21). The number of carboxylic acid groups (broad SMARTS) is 1. The lowest BCUT2D eigenvalue weighted by atomic mass is 9.62. The predicted molar refractivity (Wildman–Crippen MR) is 83.6 cm³/mol. The smallest absolute Gasteiger partial charge is 0.328 e. The maximum Gasteiger partial charge on any atom is 0.328 e. The zero-order valence-electron chi connectivity index (χ0n) is 13.0. The van der Waals surface area contributed by atoms with Gasteiger partial charge in [0.25, 0.3) is 0 Å². The van der Waals surface area contributed by atoms with E-state index in [2.05, 4.69) is 0 Å². The average Bonchev–Trinajstić information content (AvgIpc) is 2.42. The summed E-state index contributed by atoms with van der Waals surface area (Å²) < 4.78 is 0. The maximum absolute atomic E-state index is 12.2. The van der Waals surface area contributed by atoms with Crippen LogP contribution < -0.4 is 0 Å². The lowest BCUT2D eigenvalue weighted by molar-refractivity contribution is -0.131. The van der Waals surface area contributed by atoms with Crippen LogP contribution in [-0.2, 0) is 10.4 Å². The van der Waals surface area contributed by atoms with Gasteiger partial charge in [-0.2, -0.15) is 0 Å². The monoisotopic (exact) mass is 300 g/mol. The van der Waals surface area contributed by atoms with Crippen molar-refractivity contribution in [2.24, 2.45) is 5.41 Å².